The highest BCUT2D eigenvalue weighted by Gasteiger charge is 2.42. The largest absolute Gasteiger partial charge is 0.392 e. The molecule has 0 saturated heterocycles. The number of benzene rings is 5. The van der Waals surface area contributed by atoms with Crippen molar-refractivity contribution in [2.45, 2.75) is 31.5 Å². The molecule has 6 aromatic rings. The topological polar surface area (TPSA) is 67.1 Å². The lowest BCUT2D eigenvalue weighted by Crippen LogP contribution is -2.40. The van der Waals surface area contributed by atoms with Crippen LogP contribution in [0.2, 0.25) is 0 Å². The van der Waals surface area contributed by atoms with E-state index in [9.17, 15) is 5.11 Å². The molecule has 6 heteroatoms. The number of hydrogen-bond donors (Lipinski definition) is 1. The molecule has 1 aromatic heterocycles. The Kier molecular flexibility index (Phi) is 6.82. The third-order valence-electron chi connectivity index (χ3n) is 8.29. The van der Waals surface area contributed by atoms with Crippen molar-refractivity contribution < 1.29 is 5.11 Å². The second-order valence-electron chi connectivity index (χ2n) is 10.7. The quantitative estimate of drug-likeness (QED) is 0.232. The highest BCUT2D eigenvalue weighted by molar-refractivity contribution is 5.71. The van der Waals surface area contributed by atoms with Crippen molar-refractivity contribution in [3.63, 3.8) is 0 Å². The van der Waals surface area contributed by atoms with E-state index in [-0.39, 0.29) is 6.61 Å². The maximum atomic E-state index is 9.86. The van der Waals surface area contributed by atoms with Gasteiger partial charge in [0.15, 0.2) is 5.82 Å². The van der Waals surface area contributed by atoms with Crippen LogP contribution < -0.4 is 4.90 Å². The number of para-hydroxylation sites is 1. The predicted octanol–water partition coefficient (Wildman–Crippen LogP) is 6.44. The van der Waals surface area contributed by atoms with Gasteiger partial charge in [-0.15, -0.1) is 5.10 Å². The van der Waals surface area contributed by atoms with Crippen molar-refractivity contribution in [1.29, 1.82) is 0 Å². The molecule has 1 aliphatic heterocycles. The number of hydrogen-bond acceptors (Lipinski definition) is 5. The SMILES string of the molecule is OCc1ccc2c(c1)CCc1ccccc1N2Cc1nnnn1C(c1ccccc1)(c1ccccc1)c1ccccc1. The predicted molar refractivity (Wildman–Crippen MR) is 164 cm³/mol. The Morgan fingerprint density at radius 2 is 1.17 bits per heavy atom. The molecule has 0 radical (unpaired) electrons. The Morgan fingerprint density at radius 1 is 0.619 bits per heavy atom. The Bertz CT molecular complexity index is 1700. The summed E-state index contributed by atoms with van der Waals surface area (Å²) in [5, 5.41) is 23.6. The van der Waals surface area contributed by atoms with Gasteiger partial charge in [0.25, 0.3) is 0 Å². The van der Waals surface area contributed by atoms with Crippen LogP contribution in [0.5, 0.6) is 0 Å². The summed E-state index contributed by atoms with van der Waals surface area (Å²) >= 11 is 0. The highest BCUT2D eigenvalue weighted by atomic mass is 16.3. The van der Waals surface area contributed by atoms with Crippen LogP contribution in [-0.2, 0) is 31.5 Å². The first kappa shape index (κ1) is 25.9. The molecule has 2 heterocycles. The number of rotatable bonds is 7. The number of anilines is 2. The Labute approximate surface area is 245 Å². The molecule has 42 heavy (non-hydrogen) atoms. The van der Waals surface area contributed by atoms with E-state index in [0.717, 1.165) is 52.3 Å². The van der Waals surface area contributed by atoms with Crippen LogP contribution in [-0.4, -0.2) is 25.3 Å². The molecule has 0 bridgehead atoms. The van der Waals surface area contributed by atoms with Crippen molar-refractivity contribution in [2.24, 2.45) is 0 Å². The maximum absolute atomic E-state index is 9.86. The van der Waals surface area contributed by atoms with Gasteiger partial charge >= 0.3 is 0 Å². The lowest BCUT2D eigenvalue weighted by Gasteiger charge is -2.37. The van der Waals surface area contributed by atoms with Gasteiger partial charge in [-0.25, -0.2) is 4.68 Å². The van der Waals surface area contributed by atoms with E-state index in [4.69, 9.17) is 5.21 Å². The average molecular weight is 550 g/mol. The van der Waals surface area contributed by atoms with Crippen molar-refractivity contribution in [3.8, 4) is 0 Å². The van der Waals surface area contributed by atoms with Crippen LogP contribution in [0.3, 0.4) is 0 Å². The zero-order chi connectivity index (χ0) is 28.4. The molecule has 0 amide bonds. The number of aromatic nitrogens is 4. The fraction of sp³-hybridized carbons (Fsp3) is 0.139. The Balaban J connectivity index is 1.46. The van der Waals surface area contributed by atoms with Gasteiger partial charge in [-0.3, -0.25) is 0 Å². The molecule has 0 saturated carbocycles. The summed E-state index contributed by atoms with van der Waals surface area (Å²) in [6, 6.07) is 46.3. The average Bonchev–Trinajstić information content (AvgIpc) is 3.47. The van der Waals surface area contributed by atoms with Gasteiger partial charge in [-0.2, -0.15) is 0 Å². The third-order valence-corrected chi connectivity index (χ3v) is 8.29. The molecular weight excluding hydrogens is 518 g/mol. The fourth-order valence-electron chi connectivity index (χ4n) is 6.37. The molecule has 206 valence electrons. The van der Waals surface area contributed by atoms with Crippen LogP contribution in [0.15, 0.2) is 133 Å². The number of tetrazole rings is 1. The smallest absolute Gasteiger partial charge is 0.172 e. The first-order valence-electron chi connectivity index (χ1n) is 14.3. The molecule has 0 unspecified atom stereocenters. The van der Waals surface area contributed by atoms with Crippen molar-refractivity contribution in [1.82, 2.24) is 20.2 Å². The lowest BCUT2D eigenvalue weighted by atomic mass is 9.77. The summed E-state index contributed by atoms with van der Waals surface area (Å²) in [6.45, 7) is 0.482. The van der Waals surface area contributed by atoms with Gasteiger partial charge in [0.1, 0.15) is 5.54 Å². The fourth-order valence-corrected chi connectivity index (χ4v) is 6.37. The normalized spacial score (nSPS) is 12.8. The molecule has 7 rings (SSSR count). The minimum atomic E-state index is -0.808. The van der Waals surface area contributed by atoms with E-state index in [1.807, 2.05) is 28.9 Å². The van der Waals surface area contributed by atoms with Gasteiger partial charge in [0.05, 0.1) is 13.2 Å². The number of aryl methyl sites for hydroxylation is 2. The van der Waals surface area contributed by atoms with Crippen molar-refractivity contribution in [3.05, 3.63) is 173 Å². The van der Waals surface area contributed by atoms with E-state index in [1.165, 1.54) is 11.1 Å². The number of aliphatic hydroxyl groups excluding tert-OH is 1. The first-order chi connectivity index (χ1) is 20.8. The summed E-state index contributed by atoms with van der Waals surface area (Å²) in [6.07, 6.45) is 1.81. The van der Waals surface area contributed by atoms with Gasteiger partial charge in [-0.1, -0.05) is 121 Å². The third kappa shape index (κ3) is 4.37. The molecule has 5 aromatic carbocycles. The van der Waals surface area contributed by atoms with Crippen LogP contribution in [0.4, 0.5) is 11.4 Å². The zero-order valence-electron chi connectivity index (χ0n) is 23.2. The van der Waals surface area contributed by atoms with Crippen LogP contribution in [0.1, 0.15) is 39.2 Å². The second-order valence-corrected chi connectivity index (χ2v) is 10.7. The molecule has 1 N–H and O–H groups in total. The van der Waals surface area contributed by atoms with Gasteiger partial charge in [0, 0.05) is 11.4 Å². The van der Waals surface area contributed by atoms with Crippen molar-refractivity contribution >= 4 is 11.4 Å². The molecule has 1 aliphatic rings. The molecular formula is C36H31N5O. The van der Waals surface area contributed by atoms with Gasteiger partial charge < -0.3 is 10.0 Å². The van der Waals surface area contributed by atoms with E-state index >= 15 is 0 Å². The molecule has 0 aliphatic carbocycles. The monoisotopic (exact) mass is 549 g/mol. The number of nitrogens with zero attached hydrogens (tertiary/aromatic N) is 5. The van der Waals surface area contributed by atoms with Gasteiger partial charge in [0.2, 0.25) is 0 Å². The maximum Gasteiger partial charge on any atom is 0.172 e. The van der Waals surface area contributed by atoms with Crippen molar-refractivity contribution in [2.75, 3.05) is 4.90 Å². The van der Waals surface area contributed by atoms with Crippen LogP contribution in [0.25, 0.3) is 0 Å². The Hall–Kier alpha value is -5.07. The minimum Gasteiger partial charge on any atom is -0.392 e. The summed E-state index contributed by atoms with van der Waals surface area (Å²) in [5.41, 5.74) is 8.05. The molecule has 0 atom stereocenters. The van der Waals surface area contributed by atoms with Gasteiger partial charge in [-0.05, 0) is 68.8 Å². The number of aliphatic hydroxyl groups is 1. The van der Waals surface area contributed by atoms with Crippen LogP contribution >= 0.6 is 0 Å². The Morgan fingerprint density at radius 3 is 1.79 bits per heavy atom. The molecule has 6 nitrogen and oxygen atoms in total. The van der Waals surface area contributed by atoms with Crippen LogP contribution in [0, 0.1) is 0 Å². The minimum absolute atomic E-state index is 0.0201. The molecule has 0 spiro atoms. The standard InChI is InChI=1S/C36H31N5O/c42-26-27-20-23-34-29(24-27)22-21-28-12-10-11-19-33(28)40(34)25-35-37-38-39-41(35)36(30-13-4-1-5-14-30,31-15-6-2-7-16-31)32-17-8-3-9-18-32/h1-20,23-24,42H,21-22,25-26H2. The zero-order valence-corrected chi connectivity index (χ0v) is 23.2. The van der Waals surface area contributed by atoms with E-state index in [2.05, 4.69) is 124 Å². The number of fused-ring (bicyclic) bond motifs is 2. The second kappa shape index (κ2) is 11.1. The molecule has 0 fully saturated rings. The summed E-state index contributed by atoms with van der Waals surface area (Å²) < 4.78 is 2.00. The van der Waals surface area contributed by atoms with E-state index in [0.29, 0.717) is 6.54 Å². The summed E-state index contributed by atoms with van der Waals surface area (Å²) in [5.74, 6) is 0.737. The highest BCUT2D eigenvalue weighted by Crippen LogP contribution is 2.42. The van der Waals surface area contributed by atoms with E-state index in [1.54, 1.807) is 0 Å². The lowest BCUT2D eigenvalue weighted by molar-refractivity contribution is 0.281. The summed E-state index contributed by atoms with van der Waals surface area (Å²) in [7, 11) is 0. The van der Waals surface area contributed by atoms with E-state index < -0.39 is 5.54 Å². The summed E-state index contributed by atoms with van der Waals surface area (Å²) in [4.78, 5) is 2.33. The first-order valence-corrected chi connectivity index (χ1v) is 14.3.